The largest absolute Gasteiger partial charge is 0.508 e. The minimum absolute atomic E-state index is 0.0774. The van der Waals surface area contributed by atoms with Crippen molar-refractivity contribution in [2.45, 2.75) is 50.8 Å². The summed E-state index contributed by atoms with van der Waals surface area (Å²) >= 11 is 6.15. The Bertz CT molecular complexity index is 893. The van der Waals surface area contributed by atoms with Crippen LogP contribution in [0.5, 0.6) is 5.75 Å². The van der Waals surface area contributed by atoms with Gasteiger partial charge in [-0.25, -0.2) is 8.42 Å². The summed E-state index contributed by atoms with van der Waals surface area (Å²) in [5.74, 6) is 0.195. The number of benzene rings is 1. The van der Waals surface area contributed by atoms with Gasteiger partial charge in [0.15, 0.2) is 9.84 Å². The highest BCUT2D eigenvalue weighted by Gasteiger charge is 2.47. The first-order valence-electron chi connectivity index (χ1n) is 9.14. The molecular weight excluding hydrogens is 387 g/mol. The predicted octanol–water partition coefficient (Wildman–Crippen LogP) is 3.61. The molecule has 2 heterocycles. The smallest absolute Gasteiger partial charge is 0.456 e. The van der Waals surface area contributed by atoms with Crippen LogP contribution in [0.4, 0.5) is 0 Å². The average molecular weight is 411 g/mol. The van der Waals surface area contributed by atoms with Crippen molar-refractivity contribution in [1.29, 1.82) is 0 Å². The molecule has 1 aromatic rings. The maximum atomic E-state index is 12.4. The molecule has 27 heavy (non-hydrogen) atoms. The van der Waals surface area contributed by atoms with E-state index in [1.807, 2.05) is 19.9 Å². The van der Waals surface area contributed by atoms with E-state index in [1.54, 1.807) is 12.1 Å². The Kier molecular flexibility index (Phi) is 6.06. The zero-order chi connectivity index (χ0) is 19.8. The Morgan fingerprint density at radius 3 is 2.85 bits per heavy atom. The molecule has 0 aromatic heterocycles. The van der Waals surface area contributed by atoms with Crippen LogP contribution in [-0.2, 0) is 14.5 Å². The SMILES string of the molecule is CCC1=C2[C@@H](CC/C(C)=C/c3ccc(O)cc3Cl)OB(O)C[C@@H]2S(=O)(=O)C1. The van der Waals surface area contributed by atoms with E-state index in [-0.39, 0.29) is 23.9 Å². The number of fused-ring (bicyclic) bond motifs is 1. The van der Waals surface area contributed by atoms with Gasteiger partial charge in [0.1, 0.15) is 5.75 Å². The summed E-state index contributed by atoms with van der Waals surface area (Å²) in [5.41, 5.74) is 3.66. The van der Waals surface area contributed by atoms with Crippen LogP contribution in [0.1, 0.15) is 38.7 Å². The van der Waals surface area contributed by atoms with Crippen LogP contribution in [0.2, 0.25) is 11.3 Å². The summed E-state index contributed by atoms with van der Waals surface area (Å²) in [5, 5.41) is 19.3. The van der Waals surface area contributed by atoms with E-state index in [1.165, 1.54) is 6.07 Å². The number of aromatic hydroxyl groups is 1. The van der Waals surface area contributed by atoms with Crippen LogP contribution in [0.3, 0.4) is 0 Å². The predicted molar refractivity (Wildman–Crippen MR) is 109 cm³/mol. The van der Waals surface area contributed by atoms with E-state index in [9.17, 15) is 18.5 Å². The molecule has 2 aliphatic heterocycles. The highest BCUT2D eigenvalue weighted by molar-refractivity contribution is 7.92. The van der Waals surface area contributed by atoms with Crippen LogP contribution >= 0.6 is 11.6 Å². The Hall–Kier alpha value is -1.28. The number of phenolic OH excluding ortho intramolecular Hbond substituents is 1. The van der Waals surface area contributed by atoms with Gasteiger partial charge in [0.25, 0.3) is 0 Å². The third-order valence-corrected chi connectivity index (χ3v) is 7.65. The molecule has 0 radical (unpaired) electrons. The lowest BCUT2D eigenvalue weighted by Crippen LogP contribution is -2.41. The standard InChI is InChI=1S/C19H24BClO5S/c1-3-13-11-27(24,25)18-10-20(23)26-17(19(13)18)7-4-12(2)8-14-5-6-15(22)9-16(14)21/h5-6,8-9,17-18,22-23H,3-4,7,10-11H2,1-2H3/b12-8+/t17-,18+/m1/s1. The quantitative estimate of drug-likeness (QED) is 0.572. The summed E-state index contributed by atoms with van der Waals surface area (Å²) in [4.78, 5) is 0. The lowest BCUT2D eigenvalue weighted by Gasteiger charge is -2.32. The molecule has 0 unspecified atom stereocenters. The van der Waals surface area contributed by atoms with Crippen molar-refractivity contribution in [3.63, 3.8) is 0 Å². The summed E-state index contributed by atoms with van der Waals surface area (Å²) in [6.45, 7) is 3.93. The second-order valence-electron chi connectivity index (χ2n) is 7.26. The molecule has 2 atom stereocenters. The van der Waals surface area contributed by atoms with E-state index >= 15 is 0 Å². The van der Waals surface area contributed by atoms with E-state index in [4.69, 9.17) is 16.3 Å². The van der Waals surface area contributed by atoms with Crippen LogP contribution in [-0.4, -0.2) is 42.8 Å². The fraction of sp³-hybridized carbons (Fsp3) is 0.474. The normalized spacial score (nSPS) is 25.0. The molecule has 1 fully saturated rings. The van der Waals surface area contributed by atoms with Crippen molar-refractivity contribution in [3.05, 3.63) is 45.5 Å². The van der Waals surface area contributed by atoms with Crippen LogP contribution in [0.15, 0.2) is 34.9 Å². The molecule has 2 aliphatic rings. The number of halogens is 1. The van der Waals surface area contributed by atoms with Crippen molar-refractivity contribution in [2.75, 3.05) is 5.75 Å². The summed E-state index contributed by atoms with van der Waals surface area (Å²) in [6.07, 6.45) is 3.64. The van der Waals surface area contributed by atoms with Crippen LogP contribution in [0.25, 0.3) is 6.08 Å². The monoisotopic (exact) mass is 410 g/mol. The average Bonchev–Trinajstić information content (AvgIpc) is 2.86. The van der Waals surface area contributed by atoms with E-state index in [2.05, 4.69) is 0 Å². The van der Waals surface area contributed by atoms with E-state index < -0.39 is 22.2 Å². The maximum absolute atomic E-state index is 12.4. The zero-order valence-corrected chi connectivity index (χ0v) is 17.1. The molecule has 5 nitrogen and oxygen atoms in total. The second-order valence-corrected chi connectivity index (χ2v) is 9.85. The molecule has 0 spiro atoms. The van der Waals surface area contributed by atoms with Crippen molar-refractivity contribution in [3.8, 4) is 5.75 Å². The van der Waals surface area contributed by atoms with Gasteiger partial charge in [-0.1, -0.05) is 35.7 Å². The van der Waals surface area contributed by atoms with Gasteiger partial charge >= 0.3 is 7.12 Å². The van der Waals surface area contributed by atoms with Crippen molar-refractivity contribution < 1.29 is 23.2 Å². The third kappa shape index (κ3) is 4.42. The zero-order valence-electron chi connectivity index (χ0n) is 15.5. The van der Waals surface area contributed by atoms with Crippen LogP contribution in [0, 0.1) is 0 Å². The number of rotatable bonds is 5. The fourth-order valence-electron chi connectivity index (χ4n) is 3.92. The highest BCUT2D eigenvalue weighted by atomic mass is 35.5. The van der Waals surface area contributed by atoms with Gasteiger partial charge in [-0.3, -0.25) is 0 Å². The summed E-state index contributed by atoms with van der Waals surface area (Å²) in [7, 11) is -4.29. The number of allylic oxidation sites excluding steroid dienone is 1. The highest BCUT2D eigenvalue weighted by Crippen LogP contribution is 2.40. The molecule has 0 bridgehead atoms. The third-order valence-electron chi connectivity index (χ3n) is 5.26. The second kappa shape index (κ2) is 7.99. The van der Waals surface area contributed by atoms with E-state index in [0.29, 0.717) is 24.3 Å². The topological polar surface area (TPSA) is 83.8 Å². The first-order valence-corrected chi connectivity index (χ1v) is 11.2. The number of phenols is 1. The number of hydrogen-bond donors (Lipinski definition) is 2. The summed E-state index contributed by atoms with van der Waals surface area (Å²) in [6, 6.07) is 4.82. The lowest BCUT2D eigenvalue weighted by atomic mass is 9.74. The molecule has 0 amide bonds. The first-order chi connectivity index (χ1) is 12.7. The van der Waals surface area contributed by atoms with Gasteiger partial charge in [0.2, 0.25) is 0 Å². The fourth-order valence-corrected chi connectivity index (χ4v) is 6.37. The van der Waals surface area contributed by atoms with Gasteiger partial charge in [-0.15, -0.1) is 0 Å². The lowest BCUT2D eigenvalue weighted by molar-refractivity contribution is 0.169. The van der Waals surface area contributed by atoms with Gasteiger partial charge < -0.3 is 14.8 Å². The molecule has 0 saturated carbocycles. The minimum Gasteiger partial charge on any atom is -0.508 e. The Morgan fingerprint density at radius 2 is 2.19 bits per heavy atom. The maximum Gasteiger partial charge on any atom is 0.456 e. The van der Waals surface area contributed by atoms with Crippen molar-refractivity contribution in [2.24, 2.45) is 0 Å². The number of hydrogen-bond acceptors (Lipinski definition) is 5. The molecule has 146 valence electrons. The van der Waals surface area contributed by atoms with Crippen molar-refractivity contribution >= 4 is 34.6 Å². The van der Waals surface area contributed by atoms with Gasteiger partial charge in [0.05, 0.1) is 22.1 Å². The van der Waals surface area contributed by atoms with Gasteiger partial charge in [-0.2, -0.15) is 0 Å². The van der Waals surface area contributed by atoms with Crippen LogP contribution < -0.4 is 0 Å². The first kappa shape index (κ1) is 20.5. The Labute approximate surface area is 165 Å². The molecule has 0 aliphatic carbocycles. The van der Waals surface area contributed by atoms with E-state index in [0.717, 1.165) is 22.3 Å². The summed E-state index contributed by atoms with van der Waals surface area (Å²) < 4.78 is 30.6. The molecule has 2 N–H and O–H groups in total. The molecule has 1 saturated heterocycles. The molecule has 3 rings (SSSR count). The minimum atomic E-state index is -3.24. The molecule has 1 aromatic carbocycles. The van der Waals surface area contributed by atoms with Gasteiger partial charge in [-0.05, 0) is 55.5 Å². The number of sulfone groups is 1. The molecular formula is C19H24BClO5S. The Morgan fingerprint density at radius 1 is 1.44 bits per heavy atom. The van der Waals surface area contributed by atoms with Crippen molar-refractivity contribution in [1.82, 2.24) is 0 Å². The van der Waals surface area contributed by atoms with Gasteiger partial charge in [0, 0.05) is 6.32 Å². The Balaban J connectivity index is 1.77. The molecule has 8 heteroatoms.